The van der Waals surface area contributed by atoms with Crippen molar-refractivity contribution in [3.8, 4) is 28.2 Å². The molecule has 15 rings (SSSR count). The van der Waals surface area contributed by atoms with E-state index in [0.29, 0.717) is 0 Å². The minimum absolute atomic E-state index is 0.891. The molecule has 0 N–H and O–H groups in total. The topological polar surface area (TPSA) is 31.2 Å². The molecule has 15 aromatic rings. The first-order valence-electron chi connectivity index (χ1n) is 24.3. The zero-order chi connectivity index (χ0) is 46.6. The van der Waals surface area contributed by atoms with Crippen LogP contribution in [0.5, 0.6) is 0 Å². The van der Waals surface area contributed by atoms with Gasteiger partial charge in [-0.1, -0.05) is 146 Å². The number of hydrogen-bond donors (Lipinski definition) is 0. The van der Waals surface area contributed by atoms with Gasteiger partial charge in [0, 0.05) is 77.2 Å². The number of aromatic nitrogens is 3. The van der Waals surface area contributed by atoms with Crippen molar-refractivity contribution in [1.29, 1.82) is 0 Å². The van der Waals surface area contributed by atoms with E-state index in [1.807, 2.05) is 12.1 Å². The normalized spacial score (nSPS) is 11.9. The minimum Gasteiger partial charge on any atom is -0.456 e. The molecular weight excluding hydrogens is 865 g/mol. The molecule has 4 aromatic heterocycles. The van der Waals surface area contributed by atoms with Gasteiger partial charge in [0.1, 0.15) is 11.2 Å². The molecule has 332 valence electrons. The van der Waals surface area contributed by atoms with Crippen LogP contribution in [0.25, 0.3) is 116 Å². The average molecular weight is 907 g/mol. The molecule has 0 unspecified atom stereocenters. The second-order valence-electron chi connectivity index (χ2n) is 18.5. The van der Waals surface area contributed by atoms with Gasteiger partial charge in [0.15, 0.2) is 0 Å². The van der Waals surface area contributed by atoms with Crippen LogP contribution in [-0.4, -0.2) is 13.7 Å². The highest BCUT2D eigenvalue weighted by atomic mass is 16.3. The first-order valence-corrected chi connectivity index (χ1v) is 24.3. The second kappa shape index (κ2) is 15.5. The Hall–Kier alpha value is -9.58. The summed E-state index contributed by atoms with van der Waals surface area (Å²) in [5.41, 5.74) is 17.9. The zero-order valence-corrected chi connectivity index (χ0v) is 38.4. The summed E-state index contributed by atoms with van der Waals surface area (Å²) >= 11 is 0. The largest absolute Gasteiger partial charge is 0.456 e. The number of rotatable bonds is 7. The molecule has 0 aliphatic heterocycles. The lowest BCUT2D eigenvalue weighted by atomic mass is 10.0. The highest BCUT2D eigenvalue weighted by Crippen LogP contribution is 2.47. The van der Waals surface area contributed by atoms with Gasteiger partial charge in [0.25, 0.3) is 0 Å². The fourth-order valence-corrected chi connectivity index (χ4v) is 11.5. The van der Waals surface area contributed by atoms with Gasteiger partial charge in [0.2, 0.25) is 0 Å². The summed E-state index contributed by atoms with van der Waals surface area (Å²) in [4.78, 5) is 2.30. The van der Waals surface area contributed by atoms with Gasteiger partial charge >= 0.3 is 0 Å². The molecule has 0 aliphatic rings. The molecule has 0 amide bonds. The maximum absolute atomic E-state index is 6.29. The van der Waals surface area contributed by atoms with E-state index in [2.05, 4.69) is 261 Å². The average Bonchev–Trinajstić information content (AvgIpc) is 4.18. The van der Waals surface area contributed by atoms with Gasteiger partial charge in [-0.15, -0.1) is 0 Å². The molecule has 0 saturated carbocycles. The van der Waals surface area contributed by atoms with Gasteiger partial charge in [-0.3, -0.25) is 0 Å². The van der Waals surface area contributed by atoms with Crippen molar-refractivity contribution >= 4 is 104 Å². The van der Waals surface area contributed by atoms with Gasteiger partial charge < -0.3 is 23.0 Å². The van der Waals surface area contributed by atoms with Gasteiger partial charge in [-0.2, -0.15) is 0 Å². The molecule has 0 spiro atoms. The Morgan fingerprint density at radius 1 is 0.268 bits per heavy atom. The standard InChI is InChI=1S/C66H42N4O/c1-4-16-45(17-5-1)67(46-18-6-2-7-19-46)48-32-28-43(29-33-48)44-30-34-49(35-31-44)68-57-25-13-10-23-54(57)63-59(68)39-37-52-53-38-40-60-64(66(53)70(65(52)63)47-20-8-3-9-21-47)55-24-11-14-26-58(55)69(60)50-36-41-62-56(42-50)51-22-12-15-27-61(51)71-62/h1-42H. The van der Waals surface area contributed by atoms with E-state index in [9.17, 15) is 0 Å². The molecule has 71 heavy (non-hydrogen) atoms. The van der Waals surface area contributed by atoms with Crippen LogP contribution in [0.4, 0.5) is 17.1 Å². The summed E-state index contributed by atoms with van der Waals surface area (Å²) in [6.07, 6.45) is 0. The van der Waals surface area contributed by atoms with E-state index in [1.165, 1.54) is 60.0 Å². The summed E-state index contributed by atoms with van der Waals surface area (Å²) in [6.45, 7) is 0. The number of benzene rings is 11. The van der Waals surface area contributed by atoms with E-state index >= 15 is 0 Å². The van der Waals surface area contributed by atoms with E-state index in [0.717, 1.165) is 72.6 Å². The number of fused-ring (bicyclic) bond motifs is 14. The first-order chi connectivity index (χ1) is 35.2. The fourth-order valence-electron chi connectivity index (χ4n) is 11.5. The van der Waals surface area contributed by atoms with Crippen molar-refractivity contribution in [1.82, 2.24) is 13.7 Å². The van der Waals surface area contributed by atoms with Gasteiger partial charge in [-0.25, -0.2) is 0 Å². The van der Waals surface area contributed by atoms with Crippen molar-refractivity contribution in [3.05, 3.63) is 255 Å². The van der Waals surface area contributed by atoms with Crippen LogP contribution in [0.3, 0.4) is 0 Å². The number of nitrogens with zero attached hydrogens (tertiary/aromatic N) is 4. The maximum Gasteiger partial charge on any atom is 0.135 e. The Bertz CT molecular complexity index is 4500. The lowest BCUT2D eigenvalue weighted by molar-refractivity contribution is 0.669. The molecule has 0 fully saturated rings. The Kier molecular flexibility index (Phi) is 8.59. The molecule has 5 heteroatoms. The van der Waals surface area contributed by atoms with E-state index in [4.69, 9.17) is 4.42 Å². The Labute approximate surface area is 408 Å². The third kappa shape index (κ3) is 5.93. The fraction of sp³-hybridized carbons (Fsp3) is 0. The monoisotopic (exact) mass is 906 g/mol. The SMILES string of the molecule is c1ccc(N(c2ccccc2)c2ccc(-c3ccc(-n4c5ccccc5c5c4ccc4c6ccc7c(c8ccccc8n7-c7ccc8oc9ccccc9c8c7)c6n(-c6ccccc6)c45)cc3)cc2)cc1. The summed E-state index contributed by atoms with van der Waals surface area (Å²) in [7, 11) is 0. The van der Waals surface area contributed by atoms with Crippen molar-refractivity contribution < 1.29 is 4.42 Å². The molecule has 11 aromatic carbocycles. The van der Waals surface area contributed by atoms with Gasteiger partial charge in [-0.05, 0) is 120 Å². The lowest BCUT2D eigenvalue weighted by Gasteiger charge is -2.25. The summed E-state index contributed by atoms with van der Waals surface area (Å²) in [5, 5.41) is 9.56. The summed E-state index contributed by atoms with van der Waals surface area (Å²) < 4.78 is 13.7. The number of furan rings is 1. The predicted octanol–water partition coefficient (Wildman–Crippen LogP) is 18.0. The molecule has 0 radical (unpaired) electrons. The molecule has 0 atom stereocenters. The number of anilines is 3. The second-order valence-corrected chi connectivity index (χ2v) is 18.5. The maximum atomic E-state index is 6.29. The van der Waals surface area contributed by atoms with Crippen molar-refractivity contribution in [2.75, 3.05) is 4.90 Å². The number of hydrogen-bond acceptors (Lipinski definition) is 2. The highest BCUT2D eigenvalue weighted by molar-refractivity contribution is 6.31. The summed E-state index contributed by atoms with van der Waals surface area (Å²) in [5.74, 6) is 0. The smallest absolute Gasteiger partial charge is 0.135 e. The summed E-state index contributed by atoms with van der Waals surface area (Å²) in [6, 6.07) is 92.1. The van der Waals surface area contributed by atoms with Crippen LogP contribution in [0.15, 0.2) is 259 Å². The van der Waals surface area contributed by atoms with E-state index < -0.39 is 0 Å². The van der Waals surface area contributed by atoms with Crippen LogP contribution in [-0.2, 0) is 0 Å². The van der Waals surface area contributed by atoms with Crippen LogP contribution in [0, 0.1) is 0 Å². The lowest BCUT2D eigenvalue weighted by Crippen LogP contribution is -2.09. The van der Waals surface area contributed by atoms with Crippen LogP contribution in [0.2, 0.25) is 0 Å². The van der Waals surface area contributed by atoms with E-state index in [1.54, 1.807) is 0 Å². The quantitative estimate of drug-likeness (QED) is 0.160. The Morgan fingerprint density at radius 3 is 1.30 bits per heavy atom. The minimum atomic E-state index is 0.891. The van der Waals surface area contributed by atoms with Crippen molar-refractivity contribution in [2.24, 2.45) is 0 Å². The highest BCUT2D eigenvalue weighted by Gasteiger charge is 2.25. The Morgan fingerprint density at radius 2 is 0.704 bits per heavy atom. The molecule has 0 saturated heterocycles. The Balaban J connectivity index is 0.918. The van der Waals surface area contributed by atoms with Crippen molar-refractivity contribution in [2.45, 2.75) is 0 Å². The molecule has 5 nitrogen and oxygen atoms in total. The third-order valence-electron chi connectivity index (χ3n) is 14.6. The molecule has 0 aliphatic carbocycles. The van der Waals surface area contributed by atoms with Crippen molar-refractivity contribution in [3.63, 3.8) is 0 Å². The number of para-hydroxylation sites is 6. The van der Waals surface area contributed by atoms with E-state index in [-0.39, 0.29) is 0 Å². The van der Waals surface area contributed by atoms with Crippen LogP contribution in [0.1, 0.15) is 0 Å². The molecule has 4 heterocycles. The first kappa shape index (κ1) is 39.4. The van der Waals surface area contributed by atoms with Crippen LogP contribution < -0.4 is 4.90 Å². The predicted molar refractivity (Wildman–Crippen MR) is 297 cm³/mol. The van der Waals surface area contributed by atoms with Gasteiger partial charge in [0.05, 0.1) is 33.1 Å². The molecular formula is C66H42N4O. The molecule has 0 bridgehead atoms. The van der Waals surface area contributed by atoms with Crippen LogP contribution >= 0.6 is 0 Å². The zero-order valence-electron chi connectivity index (χ0n) is 38.4. The third-order valence-corrected chi connectivity index (χ3v) is 14.6.